The SMILES string of the molecule is O=C(CCCCCN1C(=O)C=CC1=O)NNC(F)(F)F. The first kappa shape index (κ1) is 16.2. The average molecular weight is 293 g/mol. The average Bonchev–Trinajstić information content (AvgIpc) is 2.66. The highest BCUT2D eigenvalue weighted by Crippen LogP contribution is 2.09. The Kier molecular flexibility index (Phi) is 5.68. The Bertz CT molecular complexity index is 403. The van der Waals surface area contributed by atoms with Crippen LogP contribution in [0.15, 0.2) is 12.2 Å². The molecular weight excluding hydrogens is 279 g/mol. The summed E-state index contributed by atoms with van der Waals surface area (Å²) in [6, 6.07) is 0. The van der Waals surface area contributed by atoms with Crippen LogP contribution in [-0.4, -0.2) is 35.5 Å². The van der Waals surface area contributed by atoms with Crippen LogP contribution in [0, 0.1) is 0 Å². The molecule has 1 heterocycles. The van der Waals surface area contributed by atoms with Crippen LogP contribution in [0.3, 0.4) is 0 Å². The maximum Gasteiger partial charge on any atom is 0.474 e. The fourth-order valence-electron chi connectivity index (χ4n) is 1.59. The topological polar surface area (TPSA) is 78.5 Å². The van der Waals surface area contributed by atoms with E-state index in [1.54, 1.807) is 0 Å². The van der Waals surface area contributed by atoms with E-state index in [1.807, 2.05) is 0 Å². The van der Waals surface area contributed by atoms with Gasteiger partial charge in [0.25, 0.3) is 11.8 Å². The third-order valence-corrected chi connectivity index (χ3v) is 2.53. The molecule has 0 spiro atoms. The second kappa shape index (κ2) is 7.04. The summed E-state index contributed by atoms with van der Waals surface area (Å²) in [6.07, 6.45) is -0.968. The number of carbonyl (C=O) groups excluding carboxylic acids is 3. The van der Waals surface area contributed by atoms with Crippen molar-refractivity contribution in [1.29, 1.82) is 0 Å². The van der Waals surface area contributed by atoms with Gasteiger partial charge in [-0.2, -0.15) is 13.2 Å². The van der Waals surface area contributed by atoms with Crippen LogP contribution < -0.4 is 10.9 Å². The van der Waals surface area contributed by atoms with Crippen LogP contribution in [-0.2, 0) is 14.4 Å². The monoisotopic (exact) mass is 293 g/mol. The van der Waals surface area contributed by atoms with Crippen molar-refractivity contribution in [3.05, 3.63) is 12.2 Å². The number of nitrogens with one attached hydrogen (secondary N) is 2. The molecule has 1 rings (SSSR count). The molecule has 6 nitrogen and oxygen atoms in total. The van der Waals surface area contributed by atoms with Gasteiger partial charge in [0, 0.05) is 25.1 Å². The van der Waals surface area contributed by atoms with Gasteiger partial charge in [-0.1, -0.05) is 6.42 Å². The van der Waals surface area contributed by atoms with Crippen molar-refractivity contribution < 1.29 is 27.6 Å². The van der Waals surface area contributed by atoms with E-state index >= 15 is 0 Å². The van der Waals surface area contributed by atoms with E-state index in [0.717, 1.165) is 10.3 Å². The number of hydrogen-bond donors (Lipinski definition) is 2. The van der Waals surface area contributed by atoms with E-state index in [2.05, 4.69) is 0 Å². The predicted octanol–water partition coefficient (Wildman–Crippen LogP) is 0.612. The molecule has 9 heteroatoms. The minimum atomic E-state index is -4.65. The fraction of sp³-hybridized carbons (Fsp3) is 0.545. The number of carbonyl (C=O) groups is 3. The number of nitrogens with zero attached hydrogens (tertiary/aromatic N) is 1. The second-order valence-electron chi connectivity index (χ2n) is 4.14. The molecule has 1 aliphatic heterocycles. The summed E-state index contributed by atoms with van der Waals surface area (Å²) in [6.45, 7) is 0.243. The quantitative estimate of drug-likeness (QED) is 0.312. The van der Waals surface area contributed by atoms with Gasteiger partial charge in [0.05, 0.1) is 0 Å². The Morgan fingerprint density at radius 3 is 2.25 bits per heavy atom. The van der Waals surface area contributed by atoms with E-state index in [9.17, 15) is 27.6 Å². The van der Waals surface area contributed by atoms with Gasteiger partial charge in [-0.15, -0.1) is 5.43 Å². The van der Waals surface area contributed by atoms with Gasteiger partial charge in [0.1, 0.15) is 0 Å². The molecule has 0 saturated carbocycles. The summed E-state index contributed by atoms with van der Waals surface area (Å²) in [5.41, 5.74) is 2.44. The molecule has 0 atom stereocenters. The van der Waals surface area contributed by atoms with Crippen molar-refractivity contribution in [3.63, 3.8) is 0 Å². The molecule has 0 bridgehead atoms. The molecule has 0 aromatic rings. The predicted molar refractivity (Wildman–Crippen MR) is 61.7 cm³/mol. The number of amides is 3. The molecule has 112 valence electrons. The third-order valence-electron chi connectivity index (χ3n) is 2.53. The standard InChI is InChI=1S/C11H14F3N3O3/c12-11(13,14)16-15-8(18)4-2-1-3-7-17-9(19)5-6-10(17)20/h5-6,16H,1-4,7H2,(H,15,18). The third kappa shape index (κ3) is 5.83. The van der Waals surface area contributed by atoms with Crippen molar-refractivity contribution in [3.8, 4) is 0 Å². The highest BCUT2D eigenvalue weighted by molar-refractivity contribution is 6.12. The van der Waals surface area contributed by atoms with E-state index in [-0.39, 0.29) is 24.8 Å². The lowest BCUT2D eigenvalue weighted by atomic mass is 10.2. The molecule has 0 aromatic carbocycles. The number of halogens is 3. The van der Waals surface area contributed by atoms with E-state index < -0.39 is 12.2 Å². The summed E-state index contributed by atoms with van der Waals surface area (Å²) in [5.74, 6) is -1.51. The second-order valence-corrected chi connectivity index (χ2v) is 4.14. The number of hydrazine groups is 1. The van der Waals surface area contributed by atoms with Crippen LogP contribution >= 0.6 is 0 Å². The molecule has 0 fully saturated rings. The normalized spacial score (nSPS) is 15.1. The highest BCUT2D eigenvalue weighted by Gasteiger charge is 2.27. The number of rotatable bonds is 7. The van der Waals surface area contributed by atoms with Crippen molar-refractivity contribution >= 4 is 17.7 Å². The number of unbranched alkanes of at least 4 members (excludes halogenated alkanes) is 2. The Morgan fingerprint density at radius 2 is 1.70 bits per heavy atom. The van der Waals surface area contributed by atoms with Gasteiger partial charge < -0.3 is 0 Å². The van der Waals surface area contributed by atoms with Crippen LogP contribution in [0.4, 0.5) is 13.2 Å². The van der Waals surface area contributed by atoms with Gasteiger partial charge in [-0.05, 0) is 12.8 Å². The smallest absolute Gasteiger partial charge is 0.284 e. The van der Waals surface area contributed by atoms with Gasteiger partial charge in [0.15, 0.2) is 0 Å². The van der Waals surface area contributed by atoms with Crippen molar-refractivity contribution in [1.82, 2.24) is 15.8 Å². The van der Waals surface area contributed by atoms with Crippen molar-refractivity contribution in [2.45, 2.75) is 32.0 Å². The zero-order valence-electron chi connectivity index (χ0n) is 10.5. The maximum atomic E-state index is 11.7. The van der Waals surface area contributed by atoms with Crippen LogP contribution in [0.1, 0.15) is 25.7 Å². The van der Waals surface area contributed by atoms with Crippen molar-refractivity contribution in [2.75, 3.05) is 6.54 Å². The first-order valence-electron chi connectivity index (χ1n) is 5.96. The van der Waals surface area contributed by atoms with E-state index in [1.165, 1.54) is 17.6 Å². The van der Waals surface area contributed by atoms with Gasteiger partial charge >= 0.3 is 6.30 Å². The van der Waals surface area contributed by atoms with Crippen LogP contribution in [0.25, 0.3) is 0 Å². The summed E-state index contributed by atoms with van der Waals surface area (Å²) < 4.78 is 35.1. The summed E-state index contributed by atoms with van der Waals surface area (Å²) in [7, 11) is 0. The fourth-order valence-corrected chi connectivity index (χ4v) is 1.59. The minimum Gasteiger partial charge on any atom is -0.284 e. The molecule has 0 unspecified atom stereocenters. The molecule has 0 radical (unpaired) electrons. The Hall–Kier alpha value is -1.90. The van der Waals surface area contributed by atoms with Crippen LogP contribution in [0.2, 0.25) is 0 Å². The molecule has 1 aliphatic rings. The van der Waals surface area contributed by atoms with E-state index in [0.29, 0.717) is 19.3 Å². The molecule has 0 saturated heterocycles. The first-order valence-corrected chi connectivity index (χ1v) is 5.96. The lowest BCUT2D eigenvalue weighted by molar-refractivity contribution is -0.171. The maximum absolute atomic E-state index is 11.7. The lowest BCUT2D eigenvalue weighted by Gasteiger charge is -2.13. The molecule has 3 amide bonds. The Morgan fingerprint density at radius 1 is 1.10 bits per heavy atom. The Balaban J connectivity index is 2.06. The minimum absolute atomic E-state index is 0.0662. The summed E-state index contributed by atoms with van der Waals surface area (Å²) >= 11 is 0. The highest BCUT2D eigenvalue weighted by atomic mass is 19.4. The largest absolute Gasteiger partial charge is 0.474 e. The molecule has 0 aliphatic carbocycles. The molecule has 0 aromatic heterocycles. The van der Waals surface area contributed by atoms with Gasteiger partial charge in [-0.25, -0.2) is 0 Å². The number of alkyl halides is 3. The molecule has 20 heavy (non-hydrogen) atoms. The summed E-state index contributed by atoms with van der Waals surface area (Å²) in [4.78, 5) is 34.4. The lowest BCUT2D eigenvalue weighted by Crippen LogP contribution is -2.46. The number of hydrogen-bond acceptors (Lipinski definition) is 4. The molecule has 2 N–H and O–H groups in total. The molecular formula is C11H14F3N3O3. The van der Waals surface area contributed by atoms with Gasteiger partial charge in [-0.3, -0.25) is 24.7 Å². The van der Waals surface area contributed by atoms with Crippen molar-refractivity contribution in [2.24, 2.45) is 0 Å². The zero-order chi connectivity index (χ0) is 15.2. The van der Waals surface area contributed by atoms with E-state index in [4.69, 9.17) is 0 Å². The number of imide groups is 1. The summed E-state index contributed by atoms with van der Waals surface area (Å²) in [5, 5.41) is 0. The zero-order valence-corrected chi connectivity index (χ0v) is 10.5. The Labute approximate surface area is 113 Å². The van der Waals surface area contributed by atoms with Gasteiger partial charge in [0.2, 0.25) is 5.91 Å². The first-order chi connectivity index (χ1) is 9.29. The van der Waals surface area contributed by atoms with Crippen LogP contribution in [0.5, 0.6) is 0 Å².